The molecule has 2 heterocycles. The Hall–Kier alpha value is -3.68. The third-order valence-corrected chi connectivity index (χ3v) is 4.54. The molecule has 8 nitrogen and oxygen atoms in total. The van der Waals surface area contributed by atoms with Crippen LogP contribution < -0.4 is 5.32 Å². The van der Waals surface area contributed by atoms with Gasteiger partial charge in [0.1, 0.15) is 5.60 Å². The van der Waals surface area contributed by atoms with Crippen LogP contribution >= 0.6 is 0 Å². The van der Waals surface area contributed by atoms with Gasteiger partial charge in [0.2, 0.25) is 5.95 Å². The number of nitrogens with one attached hydrogen (secondary N) is 1. The fourth-order valence-electron chi connectivity index (χ4n) is 3.10. The highest BCUT2D eigenvalue weighted by Crippen LogP contribution is 2.24. The zero-order chi connectivity index (χ0) is 23.5. The fourth-order valence-corrected chi connectivity index (χ4v) is 3.10. The summed E-state index contributed by atoms with van der Waals surface area (Å²) in [7, 11) is 1.84. The second kappa shape index (κ2) is 9.21. The van der Waals surface area contributed by atoms with Gasteiger partial charge in [-0.25, -0.2) is 19.6 Å². The maximum Gasteiger partial charge on any atom is 0.339 e. The lowest BCUT2D eigenvalue weighted by Gasteiger charge is -2.20. The second-order valence-electron chi connectivity index (χ2n) is 8.37. The summed E-state index contributed by atoms with van der Waals surface area (Å²) in [6, 6.07) is 8.78. The van der Waals surface area contributed by atoms with E-state index >= 15 is 0 Å². The van der Waals surface area contributed by atoms with Crippen molar-refractivity contribution in [3.8, 4) is 11.4 Å². The molecule has 0 aliphatic rings. The van der Waals surface area contributed by atoms with Crippen LogP contribution in [0.4, 0.5) is 11.6 Å². The Bertz CT molecular complexity index is 1150. The van der Waals surface area contributed by atoms with Gasteiger partial charge >= 0.3 is 11.9 Å². The molecule has 0 radical (unpaired) electrons. The number of hydrogen-bond donors (Lipinski definition) is 1. The number of esters is 2. The van der Waals surface area contributed by atoms with Gasteiger partial charge in [0.05, 0.1) is 29.1 Å². The van der Waals surface area contributed by atoms with E-state index in [-0.39, 0.29) is 11.9 Å². The van der Waals surface area contributed by atoms with Gasteiger partial charge in [-0.1, -0.05) is 0 Å². The van der Waals surface area contributed by atoms with E-state index in [0.29, 0.717) is 29.4 Å². The molecule has 2 aromatic heterocycles. The van der Waals surface area contributed by atoms with E-state index in [9.17, 15) is 9.59 Å². The molecule has 0 saturated heterocycles. The molecule has 1 aromatic carbocycles. The highest BCUT2D eigenvalue weighted by atomic mass is 16.6. The second-order valence-corrected chi connectivity index (χ2v) is 8.37. The van der Waals surface area contributed by atoms with E-state index in [2.05, 4.69) is 15.3 Å². The van der Waals surface area contributed by atoms with Crippen LogP contribution in [0.25, 0.3) is 11.4 Å². The van der Waals surface area contributed by atoms with Crippen molar-refractivity contribution >= 4 is 23.6 Å². The minimum absolute atomic E-state index is 0.316. The van der Waals surface area contributed by atoms with Crippen LogP contribution in [0.5, 0.6) is 0 Å². The highest BCUT2D eigenvalue weighted by Gasteiger charge is 2.19. The number of anilines is 2. The van der Waals surface area contributed by atoms with Crippen molar-refractivity contribution in [3.63, 3.8) is 0 Å². The Labute approximate surface area is 187 Å². The van der Waals surface area contributed by atoms with E-state index in [1.807, 2.05) is 39.3 Å². The van der Waals surface area contributed by atoms with Crippen LogP contribution in [-0.2, 0) is 16.5 Å². The summed E-state index contributed by atoms with van der Waals surface area (Å²) in [4.78, 5) is 33.2. The van der Waals surface area contributed by atoms with Crippen molar-refractivity contribution in [1.29, 1.82) is 0 Å². The Morgan fingerprint density at radius 2 is 1.84 bits per heavy atom. The maximum absolute atomic E-state index is 12.3. The normalized spacial score (nSPS) is 11.2. The molecule has 32 heavy (non-hydrogen) atoms. The van der Waals surface area contributed by atoms with E-state index in [4.69, 9.17) is 9.47 Å². The summed E-state index contributed by atoms with van der Waals surface area (Å²) in [6.07, 6.45) is 3.36. The molecular weight excluding hydrogens is 408 g/mol. The van der Waals surface area contributed by atoms with Gasteiger partial charge in [-0.3, -0.25) is 0 Å². The molecule has 0 fully saturated rings. The summed E-state index contributed by atoms with van der Waals surface area (Å²) >= 11 is 0. The number of aryl methyl sites for hydroxylation is 2. The molecule has 8 heteroatoms. The summed E-state index contributed by atoms with van der Waals surface area (Å²) in [6.45, 7) is 9.48. The molecule has 3 rings (SSSR count). The molecule has 0 bridgehead atoms. The van der Waals surface area contributed by atoms with Crippen LogP contribution in [0.2, 0.25) is 0 Å². The average Bonchev–Trinajstić information content (AvgIpc) is 3.10. The van der Waals surface area contributed by atoms with Gasteiger partial charge in [0, 0.05) is 25.1 Å². The highest BCUT2D eigenvalue weighted by molar-refractivity contribution is 5.91. The first-order valence-electron chi connectivity index (χ1n) is 10.4. The monoisotopic (exact) mass is 436 g/mol. The number of carbonyl (C=O) groups excluding carboxylic acids is 2. The first-order chi connectivity index (χ1) is 15.1. The lowest BCUT2D eigenvalue weighted by atomic mass is 10.1. The molecule has 0 atom stereocenters. The number of benzene rings is 1. The van der Waals surface area contributed by atoms with Crippen molar-refractivity contribution in [2.45, 2.75) is 40.2 Å². The van der Waals surface area contributed by atoms with Gasteiger partial charge < -0.3 is 19.4 Å². The third-order valence-electron chi connectivity index (χ3n) is 4.54. The molecular formula is C24H28N4O4. The van der Waals surface area contributed by atoms with E-state index in [1.54, 1.807) is 49.6 Å². The van der Waals surface area contributed by atoms with Crippen molar-refractivity contribution in [2.24, 2.45) is 7.05 Å². The molecule has 1 N–H and O–H groups in total. The topological polar surface area (TPSA) is 95.3 Å². The molecule has 0 amide bonds. The Balaban J connectivity index is 1.81. The number of nitrogens with zero attached hydrogens (tertiary/aromatic N) is 3. The SMILES string of the molecule is CCOC(=O)c1cc(-c2ccnc(Nc3ccc(C(=O)OC(C)(C)C)cc3C)n2)n(C)c1. The van der Waals surface area contributed by atoms with E-state index in [1.165, 1.54) is 0 Å². The van der Waals surface area contributed by atoms with Crippen molar-refractivity contribution in [3.05, 3.63) is 59.4 Å². The minimum atomic E-state index is -0.555. The fraction of sp³-hybridized carbons (Fsp3) is 0.333. The van der Waals surface area contributed by atoms with Crippen LogP contribution in [0.3, 0.4) is 0 Å². The molecule has 0 aliphatic carbocycles. The van der Waals surface area contributed by atoms with Gasteiger partial charge in [0.15, 0.2) is 0 Å². The lowest BCUT2D eigenvalue weighted by Crippen LogP contribution is -2.23. The average molecular weight is 437 g/mol. The third kappa shape index (κ3) is 5.51. The quantitative estimate of drug-likeness (QED) is 0.561. The van der Waals surface area contributed by atoms with Gasteiger partial charge in [0.25, 0.3) is 0 Å². The number of aromatic nitrogens is 3. The summed E-state index contributed by atoms with van der Waals surface area (Å²) < 4.78 is 12.3. The molecule has 0 spiro atoms. The predicted molar refractivity (Wildman–Crippen MR) is 122 cm³/mol. The van der Waals surface area contributed by atoms with Crippen LogP contribution in [0.1, 0.15) is 54.0 Å². The number of hydrogen-bond acceptors (Lipinski definition) is 7. The Kier molecular flexibility index (Phi) is 6.62. The van der Waals surface area contributed by atoms with Crippen molar-refractivity contribution < 1.29 is 19.1 Å². The lowest BCUT2D eigenvalue weighted by molar-refractivity contribution is 0.00692. The summed E-state index contributed by atoms with van der Waals surface area (Å²) in [5, 5.41) is 3.19. The van der Waals surface area contributed by atoms with Crippen LogP contribution in [-0.4, -0.2) is 38.7 Å². The van der Waals surface area contributed by atoms with E-state index < -0.39 is 5.60 Å². The van der Waals surface area contributed by atoms with Crippen molar-refractivity contribution in [1.82, 2.24) is 14.5 Å². The largest absolute Gasteiger partial charge is 0.462 e. The summed E-state index contributed by atoms with van der Waals surface area (Å²) in [5.74, 6) is -0.344. The standard InChI is InChI=1S/C24H28N4O4/c1-7-31-21(29)17-13-20(28(6)14-17)19-10-11-25-23(27-19)26-18-9-8-16(12-15(18)2)22(30)32-24(3,4)5/h8-14H,7H2,1-6H3,(H,25,26,27). The van der Waals surface area contributed by atoms with Crippen molar-refractivity contribution in [2.75, 3.05) is 11.9 Å². The first-order valence-corrected chi connectivity index (χ1v) is 10.4. The zero-order valence-electron chi connectivity index (χ0n) is 19.2. The first kappa shape index (κ1) is 23.0. The van der Waals surface area contributed by atoms with E-state index in [0.717, 1.165) is 16.9 Å². The Morgan fingerprint density at radius 1 is 1.09 bits per heavy atom. The minimum Gasteiger partial charge on any atom is -0.462 e. The molecule has 168 valence electrons. The Morgan fingerprint density at radius 3 is 2.50 bits per heavy atom. The molecule has 0 aliphatic heterocycles. The molecule has 0 saturated carbocycles. The number of carbonyl (C=O) groups is 2. The smallest absolute Gasteiger partial charge is 0.339 e. The molecule has 3 aromatic rings. The molecule has 0 unspecified atom stereocenters. The number of rotatable bonds is 6. The summed E-state index contributed by atoms with van der Waals surface area (Å²) in [5.41, 5.74) is 3.43. The van der Waals surface area contributed by atoms with Crippen LogP contribution in [0.15, 0.2) is 42.7 Å². The zero-order valence-corrected chi connectivity index (χ0v) is 19.2. The van der Waals surface area contributed by atoms with Gasteiger partial charge in [-0.2, -0.15) is 0 Å². The van der Waals surface area contributed by atoms with Gasteiger partial charge in [-0.05, 0) is 70.5 Å². The maximum atomic E-state index is 12.3. The van der Waals surface area contributed by atoms with Crippen LogP contribution in [0, 0.1) is 6.92 Å². The van der Waals surface area contributed by atoms with Gasteiger partial charge in [-0.15, -0.1) is 0 Å². The predicted octanol–water partition coefficient (Wildman–Crippen LogP) is 4.67. The number of ether oxygens (including phenoxy) is 2.